The van der Waals surface area contributed by atoms with Crippen LogP contribution < -0.4 is 0 Å². The van der Waals surface area contributed by atoms with Crippen LogP contribution in [0.1, 0.15) is 68.8 Å². The van der Waals surface area contributed by atoms with Gasteiger partial charge < -0.3 is 14.6 Å². The van der Waals surface area contributed by atoms with Crippen LogP contribution in [-0.2, 0) is 11.2 Å². The molecule has 0 spiro atoms. The third-order valence-corrected chi connectivity index (χ3v) is 10.4. The van der Waals surface area contributed by atoms with E-state index in [9.17, 15) is 14.7 Å². The number of carboxylic acid groups (broad SMARTS) is 1. The highest BCUT2D eigenvalue weighted by Crippen LogP contribution is 2.66. The quantitative estimate of drug-likeness (QED) is 0.273. The van der Waals surface area contributed by atoms with Crippen LogP contribution in [0.4, 0.5) is 4.39 Å². The summed E-state index contributed by atoms with van der Waals surface area (Å²) in [7, 11) is 0. The molecule has 7 nitrogen and oxygen atoms in total. The first kappa shape index (κ1) is 31.0. The highest BCUT2D eigenvalue weighted by Gasteiger charge is 2.63. The zero-order valence-electron chi connectivity index (χ0n) is 24.9. The van der Waals surface area contributed by atoms with Crippen molar-refractivity contribution in [3.8, 4) is 5.69 Å². The van der Waals surface area contributed by atoms with Crippen LogP contribution in [-0.4, -0.2) is 37.2 Å². The van der Waals surface area contributed by atoms with E-state index in [4.69, 9.17) is 5.11 Å². The molecule has 2 heterocycles. The molecule has 7 atom stereocenters. The number of aromatic carboxylic acids is 1. The number of thiol groups is 1. The molecule has 9 heteroatoms. The lowest BCUT2D eigenvalue weighted by atomic mass is 9.47. The summed E-state index contributed by atoms with van der Waals surface area (Å²) in [6.07, 6.45) is 9.13. The maximum absolute atomic E-state index is 15.8. The molecule has 2 saturated carbocycles. The lowest BCUT2D eigenvalue weighted by molar-refractivity contribution is -0.127. The summed E-state index contributed by atoms with van der Waals surface area (Å²) in [5, 5.41) is 24.2. The summed E-state index contributed by atoms with van der Waals surface area (Å²) < 4.78 is 22.2. The van der Waals surface area contributed by atoms with Crippen molar-refractivity contribution in [2.45, 2.75) is 59.5 Å². The van der Waals surface area contributed by atoms with E-state index in [0.717, 1.165) is 29.8 Å². The molecule has 0 saturated heterocycles. The molecule has 4 aliphatic rings. The van der Waals surface area contributed by atoms with E-state index in [1.54, 1.807) is 6.08 Å². The van der Waals surface area contributed by atoms with Crippen molar-refractivity contribution in [3.63, 3.8) is 0 Å². The third kappa shape index (κ3) is 5.20. The van der Waals surface area contributed by atoms with E-state index in [-0.39, 0.29) is 45.8 Å². The number of furan rings is 1. The van der Waals surface area contributed by atoms with Gasteiger partial charge in [0, 0.05) is 17.3 Å². The second-order valence-corrected chi connectivity index (χ2v) is 12.6. The standard InChI is InChI=1S/C27H29FN2O2S.C5H4O3.C2H6/c1-26-13-23(31)24-17(18(26)8-9-19(26)25(32)33)10-21(28)20-11-22-15(12-27(20,24)2)14-29-30(22)16-6-4-3-5-7-16;6-5(7)4-2-1-3-8-4;1-2/h3-7,10-11,14,17-19,23-24,31H,8-9,12-13H2,1-2H3,(H,32,33);1-3H,(H,6,7);1-2H3. The van der Waals surface area contributed by atoms with E-state index in [2.05, 4.69) is 36.0 Å². The molecule has 0 aliphatic heterocycles. The molecule has 2 fully saturated rings. The zero-order chi connectivity index (χ0) is 31.1. The summed E-state index contributed by atoms with van der Waals surface area (Å²) in [4.78, 5) is 22.2. The molecule has 7 rings (SSSR count). The normalized spacial score (nSPS) is 31.7. The van der Waals surface area contributed by atoms with Gasteiger partial charge in [0.2, 0.25) is 5.76 Å². The Morgan fingerprint density at radius 2 is 1.84 bits per heavy atom. The fourth-order valence-corrected chi connectivity index (χ4v) is 8.72. The molecule has 0 bridgehead atoms. The fourth-order valence-electron chi connectivity index (χ4n) is 8.30. The van der Waals surface area contributed by atoms with Crippen LogP contribution in [0.15, 0.2) is 76.8 Å². The number of hydrogen-bond donors (Lipinski definition) is 3. The van der Waals surface area contributed by atoms with Gasteiger partial charge in [0.15, 0.2) is 5.12 Å². The Morgan fingerprint density at radius 1 is 1.12 bits per heavy atom. The summed E-state index contributed by atoms with van der Waals surface area (Å²) in [6.45, 7) is 8.21. The van der Waals surface area contributed by atoms with Crippen molar-refractivity contribution >= 4 is 29.8 Å². The molecule has 43 heavy (non-hydrogen) atoms. The highest BCUT2D eigenvalue weighted by atomic mass is 32.1. The number of benzene rings is 1. The van der Waals surface area contributed by atoms with Gasteiger partial charge in [0.25, 0.3) is 0 Å². The maximum atomic E-state index is 15.8. The molecule has 7 unspecified atom stereocenters. The molecular weight excluding hydrogens is 567 g/mol. The minimum atomic E-state index is -1.03. The van der Waals surface area contributed by atoms with Gasteiger partial charge in [0.05, 0.1) is 29.9 Å². The number of hydrogen-bond acceptors (Lipinski definition) is 5. The Balaban J connectivity index is 0.000000317. The topological polar surface area (TPSA) is 106 Å². The zero-order valence-corrected chi connectivity index (χ0v) is 25.8. The number of halogens is 1. The van der Waals surface area contributed by atoms with Crippen LogP contribution >= 0.6 is 12.6 Å². The first-order chi connectivity index (χ1) is 20.5. The largest absolute Gasteiger partial charge is 0.475 e. The summed E-state index contributed by atoms with van der Waals surface area (Å²) >= 11 is 4.16. The average molecular weight is 607 g/mol. The molecular formula is C34H39FN2O5S. The number of rotatable bonds is 3. The fraction of sp³-hybridized carbons (Fsp3) is 0.441. The number of carboxylic acids is 1. The van der Waals surface area contributed by atoms with Crippen molar-refractivity contribution in [2.75, 3.05) is 0 Å². The van der Waals surface area contributed by atoms with Crippen molar-refractivity contribution in [1.82, 2.24) is 9.78 Å². The number of carbonyl (C=O) groups excluding carboxylic acids is 1. The van der Waals surface area contributed by atoms with Gasteiger partial charge in [-0.05, 0) is 90.5 Å². The van der Waals surface area contributed by atoms with Crippen LogP contribution in [0, 0.1) is 34.5 Å². The van der Waals surface area contributed by atoms with Gasteiger partial charge in [0.1, 0.15) is 5.83 Å². The molecule has 2 N–H and O–H groups in total. The van der Waals surface area contributed by atoms with E-state index < -0.39 is 17.5 Å². The second-order valence-electron chi connectivity index (χ2n) is 12.2. The molecule has 2 aromatic heterocycles. The molecule has 0 amide bonds. The number of aliphatic hydroxyl groups is 1. The minimum absolute atomic E-state index is 0.0231. The summed E-state index contributed by atoms with van der Waals surface area (Å²) in [5.74, 6) is -1.44. The van der Waals surface area contributed by atoms with Crippen LogP contribution in [0.25, 0.3) is 11.8 Å². The van der Waals surface area contributed by atoms with Crippen molar-refractivity contribution < 1.29 is 28.6 Å². The van der Waals surface area contributed by atoms with E-state index in [0.29, 0.717) is 18.4 Å². The molecule has 4 aliphatic carbocycles. The lowest BCUT2D eigenvalue weighted by Crippen LogP contribution is -2.56. The lowest BCUT2D eigenvalue weighted by Gasteiger charge is -2.57. The Labute approximate surface area is 256 Å². The molecule has 0 radical (unpaired) electrons. The Bertz CT molecular complexity index is 1550. The number of allylic oxidation sites excluding steroid dienone is 3. The Hall–Kier alpha value is -3.43. The Kier molecular flexibility index (Phi) is 8.60. The number of para-hydroxylation sites is 1. The van der Waals surface area contributed by atoms with E-state index in [1.165, 1.54) is 18.4 Å². The average Bonchev–Trinajstić information content (AvgIpc) is 3.72. The number of aliphatic hydroxyl groups excluding tert-OH is 1. The number of nitrogens with zero attached hydrogens (tertiary/aromatic N) is 2. The molecule has 1 aromatic carbocycles. The predicted molar refractivity (Wildman–Crippen MR) is 165 cm³/mol. The second kappa shape index (κ2) is 11.9. The number of aromatic nitrogens is 2. The van der Waals surface area contributed by atoms with Crippen LogP contribution in [0.3, 0.4) is 0 Å². The van der Waals surface area contributed by atoms with Gasteiger partial charge >= 0.3 is 5.97 Å². The van der Waals surface area contributed by atoms with E-state index in [1.807, 2.05) is 61.1 Å². The monoisotopic (exact) mass is 606 g/mol. The molecule has 3 aromatic rings. The number of fused-ring (bicyclic) bond motifs is 6. The first-order valence-electron chi connectivity index (χ1n) is 14.9. The van der Waals surface area contributed by atoms with Gasteiger partial charge in [-0.25, -0.2) is 13.9 Å². The summed E-state index contributed by atoms with van der Waals surface area (Å²) in [6, 6.07) is 12.8. The van der Waals surface area contributed by atoms with E-state index >= 15 is 4.39 Å². The van der Waals surface area contributed by atoms with Gasteiger partial charge in [-0.2, -0.15) is 5.10 Å². The SMILES string of the molecule is CC.CC12Cc3cnn(-c4ccccc4)c3C=C1C(F)=CC1C2C(O)CC2(C)C(C(=O)S)CCC12.O=C(O)c1ccco1. The summed E-state index contributed by atoms with van der Waals surface area (Å²) in [5.41, 5.74) is 2.73. The third-order valence-electron chi connectivity index (χ3n) is 10.1. The van der Waals surface area contributed by atoms with Crippen molar-refractivity contribution in [2.24, 2.45) is 34.5 Å². The van der Waals surface area contributed by atoms with Gasteiger partial charge in [-0.1, -0.05) is 45.9 Å². The predicted octanol–water partition coefficient (Wildman–Crippen LogP) is 7.18. The maximum Gasteiger partial charge on any atom is 0.371 e. The highest BCUT2D eigenvalue weighted by molar-refractivity contribution is 7.96. The molecule has 228 valence electrons. The number of carbonyl (C=O) groups is 2. The van der Waals surface area contributed by atoms with Gasteiger partial charge in [-0.3, -0.25) is 4.79 Å². The van der Waals surface area contributed by atoms with Crippen LogP contribution in [0.2, 0.25) is 0 Å². The minimum Gasteiger partial charge on any atom is -0.475 e. The Morgan fingerprint density at radius 3 is 2.44 bits per heavy atom. The van der Waals surface area contributed by atoms with Crippen LogP contribution in [0.5, 0.6) is 0 Å². The smallest absolute Gasteiger partial charge is 0.371 e. The van der Waals surface area contributed by atoms with Gasteiger partial charge in [-0.15, -0.1) is 12.6 Å². The van der Waals surface area contributed by atoms with Crippen molar-refractivity contribution in [3.05, 3.63) is 89.4 Å². The van der Waals surface area contributed by atoms with Crippen molar-refractivity contribution in [1.29, 1.82) is 0 Å². The first-order valence-corrected chi connectivity index (χ1v) is 15.4.